The minimum atomic E-state index is -0.704. The lowest BCUT2D eigenvalue weighted by molar-refractivity contribution is -0.141. The minimum Gasteiger partial charge on any atom is -0.460 e. The number of hydrogen-bond donors (Lipinski definition) is 1. The molecule has 0 aliphatic carbocycles. The summed E-state index contributed by atoms with van der Waals surface area (Å²) in [6.45, 7) is 12.1. The van der Waals surface area contributed by atoms with Gasteiger partial charge >= 0.3 is 5.97 Å². The predicted octanol–water partition coefficient (Wildman–Crippen LogP) is 1.47. The second-order valence-corrected chi connectivity index (χ2v) is 5.62. The van der Waals surface area contributed by atoms with Gasteiger partial charge in [0.1, 0.15) is 18.3 Å². The number of rotatable bonds is 6. The van der Waals surface area contributed by atoms with Crippen LogP contribution in [0.3, 0.4) is 0 Å². The number of ether oxygens (including phenoxy) is 1. The molecule has 1 amide bonds. The number of nitrogens with one attached hydrogen (secondary N) is 1. The van der Waals surface area contributed by atoms with Crippen LogP contribution in [0, 0.1) is 11.3 Å². The Balaban J connectivity index is 4.27. The summed E-state index contributed by atoms with van der Waals surface area (Å²) in [6, 6.07) is 0. The lowest BCUT2D eigenvalue weighted by atomic mass is 9.78. The minimum absolute atomic E-state index is 0.0617. The molecule has 0 rings (SSSR count). The molecule has 0 bridgehead atoms. The van der Waals surface area contributed by atoms with E-state index in [1.54, 1.807) is 6.92 Å². The van der Waals surface area contributed by atoms with Crippen LogP contribution in [-0.2, 0) is 19.1 Å². The van der Waals surface area contributed by atoms with Gasteiger partial charge in [-0.2, -0.15) is 0 Å². The van der Waals surface area contributed by atoms with E-state index in [-0.39, 0.29) is 24.8 Å². The van der Waals surface area contributed by atoms with Crippen molar-refractivity contribution in [2.45, 2.75) is 34.6 Å². The van der Waals surface area contributed by atoms with Crippen molar-refractivity contribution in [2.75, 3.05) is 13.2 Å². The van der Waals surface area contributed by atoms with Crippen molar-refractivity contribution in [1.29, 1.82) is 0 Å². The van der Waals surface area contributed by atoms with Crippen LogP contribution in [0.25, 0.3) is 0 Å². The van der Waals surface area contributed by atoms with E-state index < -0.39 is 17.3 Å². The van der Waals surface area contributed by atoms with E-state index in [1.165, 1.54) is 6.92 Å². The number of esters is 1. The van der Waals surface area contributed by atoms with Gasteiger partial charge in [0.25, 0.3) is 0 Å². The molecule has 0 aromatic rings. The third-order valence-corrected chi connectivity index (χ3v) is 2.52. The highest BCUT2D eigenvalue weighted by Crippen LogP contribution is 2.26. The third-order valence-electron chi connectivity index (χ3n) is 2.52. The van der Waals surface area contributed by atoms with Gasteiger partial charge in [-0.15, -0.1) is 0 Å². The summed E-state index contributed by atoms with van der Waals surface area (Å²) in [5, 5.41) is 2.60. The standard InChI is InChI=1S/C14H23NO4/c1-9(2)13(18)19-8-7-15-12(17)11(10(3)16)14(4,5)6/h11H,1,7-8H2,2-6H3,(H,15,17). The Labute approximate surface area is 114 Å². The van der Waals surface area contributed by atoms with Crippen LogP contribution in [-0.4, -0.2) is 30.8 Å². The fourth-order valence-corrected chi connectivity index (χ4v) is 1.73. The summed E-state index contributed by atoms with van der Waals surface area (Å²) >= 11 is 0. The van der Waals surface area contributed by atoms with Gasteiger partial charge in [-0.1, -0.05) is 27.4 Å². The maximum Gasteiger partial charge on any atom is 0.333 e. The highest BCUT2D eigenvalue weighted by molar-refractivity contribution is 6.01. The lowest BCUT2D eigenvalue weighted by Crippen LogP contribution is -2.43. The van der Waals surface area contributed by atoms with Crippen molar-refractivity contribution in [1.82, 2.24) is 5.32 Å². The van der Waals surface area contributed by atoms with Crippen LogP contribution in [0.5, 0.6) is 0 Å². The number of carbonyl (C=O) groups excluding carboxylic acids is 3. The topological polar surface area (TPSA) is 72.5 Å². The molecule has 0 saturated carbocycles. The quantitative estimate of drug-likeness (QED) is 0.343. The second-order valence-electron chi connectivity index (χ2n) is 5.62. The average Bonchev–Trinajstić information content (AvgIpc) is 2.21. The van der Waals surface area contributed by atoms with Gasteiger partial charge in [-0.25, -0.2) is 4.79 Å². The third kappa shape index (κ3) is 6.18. The molecular formula is C14H23NO4. The Morgan fingerprint density at radius 3 is 2.11 bits per heavy atom. The Hall–Kier alpha value is -1.65. The van der Waals surface area contributed by atoms with E-state index >= 15 is 0 Å². The van der Waals surface area contributed by atoms with Crippen molar-refractivity contribution in [2.24, 2.45) is 11.3 Å². The molecule has 0 aromatic heterocycles. The molecule has 0 spiro atoms. The Morgan fingerprint density at radius 2 is 1.74 bits per heavy atom. The summed E-state index contributed by atoms with van der Waals surface area (Å²) in [5.74, 6) is -1.71. The molecule has 0 heterocycles. The van der Waals surface area contributed by atoms with Crippen molar-refractivity contribution >= 4 is 17.7 Å². The molecule has 0 saturated heterocycles. The molecule has 5 nitrogen and oxygen atoms in total. The van der Waals surface area contributed by atoms with Gasteiger partial charge in [0.2, 0.25) is 5.91 Å². The van der Waals surface area contributed by atoms with E-state index in [2.05, 4.69) is 11.9 Å². The number of amides is 1. The zero-order valence-corrected chi connectivity index (χ0v) is 12.3. The van der Waals surface area contributed by atoms with Crippen LogP contribution in [0.15, 0.2) is 12.2 Å². The SMILES string of the molecule is C=C(C)C(=O)OCCNC(=O)C(C(C)=O)C(C)(C)C. The van der Waals surface area contributed by atoms with Crippen molar-refractivity contribution in [3.63, 3.8) is 0 Å². The zero-order valence-electron chi connectivity index (χ0n) is 12.3. The first kappa shape index (κ1) is 17.4. The predicted molar refractivity (Wildman–Crippen MR) is 72.4 cm³/mol. The highest BCUT2D eigenvalue weighted by Gasteiger charge is 2.34. The van der Waals surface area contributed by atoms with Crippen molar-refractivity contribution in [3.05, 3.63) is 12.2 Å². The van der Waals surface area contributed by atoms with E-state index in [9.17, 15) is 14.4 Å². The average molecular weight is 269 g/mol. The van der Waals surface area contributed by atoms with Gasteiger partial charge in [0, 0.05) is 5.57 Å². The van der Waals surface area contributed by atoms with E-state index in [0.29, 0.717) is 5.57 Å². The molecule has 1 unspecified atom stereocenters. The maximum atomic E-state index is 11.9. The summed E-state index contributed by atoms with van der Waals surface area (Å²) in [7, 11) is 0. The van der Waals surface area contributed by atoms with Crippen LogP contribution in [0.4, 0.5) is 0 Å². The van der Waals surface area contributed by atoms with Gasteiger partial charge in [0.05, 0.1) is 6.54 Å². The Bertz CT molecular complexity index is 379. The Kier molecular flexibility index (Phi) is 6.45. The molecule has 5 heteroatoms. The molecule has 0 radical (unpaired) electrons. The van der Waals surface area contributed by atoms with Crippen molar-refractivity contribution in [3.8, 4) is 0 Å². The number of carbonyl (C=O) groups is 3. The van der Waals surface area contributed by atoms with Gasteiger partial charge in [-0.05, 0) is 19.3 Å². The molecule has 0 aliphatic heterocycles. The fourth-order valence-electron chi connectivity index (χ4n) is 1.73. The van der Waals surface area contributed by atoms with Gasteiger partial charge in [0.15, 0.2) is 0 Å². The zero-order chi connectivity index (χ0) is 15.2. The smallest absolute Gasteiger partial charge is 0.333 e. The lowest BCUT2D eigenvalue weighted by Gasteiger charge is -2.27. The normalized spacial score (nSPS) is 12.5. The van der Waals surface area contributed by atoms with Crippen LogP contribution >= 0.6 is 0 Å². The number of hydrogen-bond acceptors (Lipinski definition) is 4. The summed E-state index contributed by atoms with van der Waals surface area (Å²) < 4.78 is 4.84. The molecule has 0 fully saturated rings. The molecule has 19 heavy (non-hydrogen) atoms. The van der Waals surface area contributed by atoms with E-state index in [4.69, 9.17) is 4.74 Å². The van der Waals surface area contributed by atoms with E-state index in [0.717, 1.165) is 0 Å². The van der Waals surface area contributed by atoms with E-state index in [1.807, 2.05) is 20.8 Å². The largest absolute Gasteiger partial charge is 0.460 e. The highest BCUT2D eigenvalue weighted by atomic mass is 16.5. The van der Waals surface area contributed by atoms with Gasteiger partial charge in [-0.3, -0.25) is 9.59 Å². The van der Waals surface area contributed by atoms with Crippen LogP contribution in [0.2, 0.25) is 0 Å². The number of ketones is 1. The maximum absolute atomic E-state index is 11.9. The first-order valence-corrected chi connectivity index (χ1v) is 6.18. The monoisotopic (exact) mass is 269 g/mol. The second kappa shape index (κ2) is 7.07. The number of Topliss-reactive ketones (excluding diaryl/α,β-unsaturated/α-hetero) is 1. The van der Waals surface area contributed by atoms with Crippen LogP contribution in [0.1, 0.15) is 34.6 Å². The summed E-state index contributed by atoms with van der Waals surface area (Å²) in [6.07, 6.45) is 0. The molecule has 108 valence electrons. The fraction of sp³-hybridized carbons (Fsp3) is 0.643. The van der Waals surface area contributed by atoms with Crippen LogP contribution < -0.4 is 5.32 Å². The van der Waals surface area contributed by atoms with Gasteiger partial charge < -0.3 is 10.1 Å². The summed E-state index contributed by atoms with van der Waals surface area (Å²) in [4.78, 5) is 34.5. The molecule has 0 aliphatic rings. The molecular weight excluding hydrogens is 246 g/mol. The first-order chi connectivity index (χ1) is 8.57. The molecule has 0 aromatic carbocycles. The Morgan fingerprint density at radius 1 is 1.21 bits per heavy atom. The summed E-state index contributed by atoms with van der Waals surface area (Å²) in [5.41, 5.74) is -0.132. The first-order valence-electron chi connectivity index (χ1n) is 6.18. The van der Waals surface area contributed by atoms with Crippen molar-refractivity contribution < 1.29 is 19.1 Å². The molecule has 1 atom stereocenters. The molecule has 1 N–H and O–H groups in total.